The number of esters is 1. The van der Waals surface area contributed by atoms with E-state index in [-0.39, 0.29) is 23.2 Å². The van der Waals surface area contributed by atoms with Crippen LogP contribution in [0.4, 0.5) is 10.5 Å². The van der Waals surface area contributed by atoms with Gasteiger partial charge >= 0.3 is 12.0 Å². The highest BCUT2D eigenvalue weighted by Gasteiger charge is 2.45. The number of nitrogens with zero attached hydrogens (tertiary/aromatic N) is 1. The molecule has 1 fully saturated rings. The highest BCUT2D eigenvalue weighted by atomic mass is 16.5. The van der Waals surface area contributed by atoms with Gasteiger partial charge in [0.15, 0.2) is 6.61 Å². The fourth-order valence-electron chi connectivity index (χ4n) is 3.36. The summed E-state index contributed by atoms with van der Waals surface area (Å²) in [6, 6.07) is 14.9. The molecular formula is C24H26N4O6. The molecule has 0 spiro atoms. The van der Waals surface area contributed by atoms with Gasteiger partial charge in [0, 0.05) is 0 Å². The van der Waals surface area contributed by atoms with E-state index in [4.69, 9.17) is 4.74 Å². The van der Waals surface area contributed by atoms with Crippen molar-refractivity contribution < 1.29 is 28.7 Å². The maximum atomic E-state index is 12.8. The number of urea groups is 1. The number of ether oxygens (including phenoxy) is 1. The molecule has 1 unspecified atom stereocenters. The fourth-order valence-corrected chi connectivity index (χ4v) is 3.36. The molecule has 0 aliphatic carbocycles. The van der Waals surface area contributed by atoms with Crippen molar-refractivity contribution in [3.63, 3.8) is 0 Å². The van der Waals surface area contributed by atoms with Crippen molar-refractivity contribution in [3.05, 3.63) is 65.7 Å². The summed E-state index contributed by atoms with van der Waals surface area (Å²) in [6.07, 6.45) is 0. The maximum Gasteiger partial charge on any atom is 0.326 e. The van der Waals surface area contributed by atoms with Gasteiger partial charge in [0.05, 0.1) is 17.3 Å². The van der Waals surface area contributed by atoms with E-state index in [0.717, 1.165) is 10.5 Å². The summed E-state index contributed by atoms with van der Waals surface area (Å²) in [4.78, 5) is 61.9. The smallest absolute Gasteiger partial charge is 0.326 e. The van der Waals surface area contributed by atoms with Gasteiger partial charge < -0.3 is 20.7 Å². The standard InChI is InChI=1S/C24H26N4O6/c1-15(16-9-5-4-6-10-16)25-21(31)17-11-7-8-12-18(17)26-19(29)14-34-20(30)13-28-22(32)24(2,3)27-23(28)33/h4-12,15H,13-14H2,1-3H3,(H,25,31)(H,26,29)(H,27,33). The van der Waals surface area contributed by atoms with Crippen molar-refractivity contribution in [2.75, 3.05) is 18.5 Å². The number of hydrogen-bond donors (Lipinski definition) is 3. The molecule has 1 saturated heterocycles. The molecule has 1 heterocycles. The third kappa shape index (κ3) is 5.77. The minimum absolute atomic E-state index is 0.242. The molecule has 1 atom stereocenters. The van der Waals surface area contributed by atoms with E-state index in [9.17, 15) is 24.0 Å². The van der Waals surface area contributed by atoms with E-state index in [2.05, 4.69) is 16.0 Å². The third-order valence-electron chi connectivity index (χ3n) is 5.19. The van der Waals surface area contributed by atoms with Gasteiger partial charge in [-0.15, -0.1) is 0 Å². The lowest BCUT2D eigenvalue weighted by Crippen LogP contribution is -2.41. The molecular weight excluding hydrogens is 440 g/mol. The molecule has 5 amide bonds. The van der Waals surface area contributed by atoms with Crippen molar-refractivity contribution in [2.45, 2.75) is 32.4 Å². The average molecular weight is 466 g/mol. The van der Waals surface area contributed by atoms with Crippen LogP contribution in [0.5, 0.6) is 0 Å². The monoisotopic (exact) mass is 466 g/mol. The average Bonchev–Trinajstić information content (AvgIpc) is 3.00. The number of carbonyl (C=O) groups excluding carboxylic acids is 5. The second-order valence-corrected chi connectivity index (χ2v) is 8.31. The first kappa shape index (κ1) is 24.4. The Kier molecular flexibility index (Phi) is 7.30. The Hall–Kier alpha value is -4.21. The highest BCUT2D eigenvalue weighted by Crippen LogP contribution is 2.18. The number of anilines is 1. The maximum absolute atomic E-state index is 12.8. The minimum Gasteiger partial charge on any atom is -0.454 e. The summed E-state index contributed by atoms with van der Waals surface area (Å²) in [5, 5.41) is 7.88. The van der Waals surface area contributed by atoms with Gasteiger partial charge in [-0.2, -0.15) is 0 Å². The van der Waals surface area contributed by atoms with Crippen LogP contribution < -0.4 is 16.0 Å². The van der Waals surface area contributed by atoms with E-state index in [0.29, 0.717) is 0 Å². The molecule has 0 bridgehead atoms. The molecule has 34 heavy (non-hydrogen) atoms. The lowest BCUT2D eigenvalue weighted by molar-refractivity contribution is -0.150. The van der Waals surface area contributed by atoms with Crippen LogP contribution in [0, 0.1) is 0 Å². The molecule has 0 aromatic heterocycles. The zero-order valence-electron chi connectivity index (χ0n) is 19.1. The molecule has 2 aromatic carbocycles. The largest absolute Gasteiger partial charge is 0.454 e. The first-order chi connectivity index (χ1) is 16.1. The molecule has 1 aliphatic rings. The molecule has 2 aromatic rings. The van der Waals surface area contributed by atoms with Crippen molar-refractivity contribution in [1.82, 2.24) is 15.5 Å². The Balaban J connectivity index is 1.55. The quantitative estimate of drug-likeness (QED) is 0.402. The molecule has 10 nitrogen and oxygen atoms in total. The highest BCUT2D eigenvalue weighted by molar-refractivity contribution is 6.08. The Morgan fingerprint density at radius 1 is 1.03 bits per heavy atom. The van der Waals surface area contributed by atoms with Crippen molar-refractivity contribution in [1.29, 1.82) is 0 Å². The Morgan fingerprint density at radius 3 is 2.32 bits per heavy atom. The van der Waals surface area contributed by atoms with Crippen molar-refractivity contribution in [3.8, 4) is 0 Å². The molecule has 0 radical (unpaired) electrons. The fraction of sp³-hybridized carbons (Fsp3) is 0.292. The van der Waals surface area contributed by atoms with Crippen LogP contribution in [0.2, 0.25) is 0 Å². The lowest BCUT2D eigenvalue weighted by Gasteiger charge is -2.17. The lowest BCUT2D eigenvalue weighted by atomic mass is 10.1. The topological polar surface area (TPSA) is 134 Å². The molecule has 10 heteroatoms. The van der Waals surface area contributed by atoms with Crippen LogP contribution in [-0.2, 0) is 19.1 Å². The summed E-state index contributed by atoms with van der Waals surface area (Å²) >= 11 is 0. The van der Waals surface area contributed by atoms with Gasteiger partial charge in [-0.05, 0) is 38.5 Å². The van der Waals surface area contributed by atoms with Gasteiger partial charge in [0.1, 0.15) is 12.1 Å². The Bertz CT molecular complexity index is 1120. The van der Waals surface area contributed by atoms with Crippen LogP contribution in [0.15, 0.2) is 54.6 Å². The second-order valence-electron chi connectivity index (χ2n) is 8.31. The Labute approximate surface area is 196 Å². The summed E-state index contributed by atoms with van der Waals surface area (Å²) in [6.45, 7) is 3.61. The molecule has 3 N–H and O–H groups in total. The van der Waals surface area contributed by atoms with Gasteiger partial charge in [-0.3, -0.25) is 24.1 Å². The van der Waals surface area contributed by atoms with Crippen molar-refractivity contribution in [2.24, 2.45) is 0 Å². The number of hydrogen-bond acceptors (Lipinski definition) is 6. The van der Waals surface area contributed by atoms with Gasteiger partial charge in [0.25, 0.3) is 17.7 Å². The number of amides is 5. The molecule has 1 aliphatic heterocycles. The van der Waals surface area contributed by atoms with Gasteiger partial charge in [-0.1, -0.05) is 42.5 Å². The predicted molar refractivity (Wildman–Crippen MR) is 123 cm³/mol. The number of rotatable bonds is 8. The van der Waals surface area contributed by atoms with Crippen LogP contribution in [0.25, 0.3) is 0 Å². The number of imide groups is 1. The minimum atomic E-state index is -1.11. The van der Waals surface area contributed by atoms with Crippen LogP contribution in [0.1, 0.15) is 42.7 Å². The first-order valence-electron chi connectivity index (χ1n) is 10.6. The molecule has 0 saturated carbocycles. The van der Waals surface area contributed by atoms with Crippen molar-refractivity contribution >= 4 is 35.4 Å². The normalized spacial score (nSPS) is 15.3. The summed E-state index contributed by atoms with van der Waals surface area (Å²) < 4.78 is 4.90. The van der Waals surface area contributed by atoms with E-state index < -0.39 is 42.5 Å². The van der Waals surface area contributed by atoms with Gasteiger partial charge in [-0.25, -0.2) is 4.79 Å². The Morgan fingerprint density at radius 2 is 1.68 bits per heavy atom. The van der Waals surface area contributed by atoms with E-state index in [1.807, 2.05) is 37.3 Å². The number of benzene rings is 2. The zero-order valence-corrected chi connectivity index (χ0v) is 19.1. The number of para-hydroxylation sites is 1. The van der Waals surface area contributed by atoms with Crippen LogP contribution in [0.3, 0.4) is 0 Å². The predicted octanol–water partition coefficient (Wildman–Crippen LogP) is 1.99. The van der Waals surface area contributed by atoms with E-state index in [1.165, 1.54) is 13.8 Å². The zero-order chi connectivity index (χ0) is 24.9. The summed E-state index contributed by atoms with van der Waals surface area (Å²) in [7, 11) is 0. The summed E-state index contributed by atoms with van der Waals surface area (Å²) in [5.41, 5.74) is 0.304. The second kappa shape index (κ2) is 10.2. The molecule has 178 valence electrons. The van der Waals surface area contributed by atoms with E-state index >= 15 is 0 Å². The SMILES string of the molecule is CC(NC(=O)c1ccccc1NC(=O)COC(=O)CN1C(=O)NC(C)(C)C1=O)c1ccccc1. The van der Waals surface area contributed by atoms with E-state index in [1.54, 1.807) is 24.3 Å². The first-order valence-corrected chi connectivity index (χ1v) is 10.6. The number of nitrogens with one attached hydrogen (secondary N) is 3. The number of carbonyl (C=O) groups is 5. The third-order valence-corrected chi connectivity index (χ3v) is 5.19. The molecule has 3 rings (SSSR count). The van der Waals surface area contributed by atoms with Crippen LogP contribution >= 0.6 is 0 Å². The van der Waals surface area contributed by atoms with Gasteiger partial charge in [0.2, 0.25) is 0 Å². The summed E-state index contributed by atoms with van der Waals surface area (Å²) in [5.74, 6) is -2.55. The van der Waals surface area contributed by atoms with Crippen LogP contribution in [-0.4, -0.2) is 53.3 Å².